The molecular formula is C18H11Cl2F4N3O3S2. The van der Waals surface area contributed by atoms with Crippen LogP contribution in [-0.2, 0) is 22.7 Å². The Balaban J connectivity index is 2.06. The van der Waals surface area contributed by atoms with Crippen LogP contribution in [0.4, 0.5) is 22.7 Å². The fourth-order valence-electron chi connectivity index (χ4n) is 2.67. The van der Waals surface area contributed by atoms with E-state index in [9.17, 15) is 30.8 Å². The van der Waals surface area contributed by atoms with Gasteiger partial charge in [0.2, 0.25) is 0 Å². The molecule has 0 unspecified atom stereocenters. The number of benzene rings is 2. The summed E-state index contributed by atoms with van der Waals surface area (Å²) in [6.07, 6.45) is -4.17. The number of hydrogen-bond donors (Lipinski definition) is 2. The van der Waals surface area contributed by atoms with Crippen LogP contribution in [-0.4, -0.2) is 19.3 Å². The van der Waals surface area contributed by atoms with Gasteiger partial charge >= 0.3 is 6.18 Å². The van der Waals surface area contributed by atoms with Crippen molar-refractivity contribution in [3.05, 3.63) is 74.5 Å². The summed E-state index contributed by atoms with van der Waals surface area (Å²) >= 11 is 12.0. The lowest BCUT2D eigenvalue weighted by atomic mass is 10.1. The molecule has 32 heavy (non-hydrogen) atoms. The molecule has 0 aliphatic heterocycles. The first-order valence-electron chi connectivity index (χ1n) is 8.45. The number of hydrogen-bond acceptors (Lipinski definition) is 5. The molecule has 6 nitrogen and oxygen atoms in total. The maximum atomic E-state index is 15.0. The Labute approximate surface area is 193 Å². The summed E-state index contributed by atoms with van der Waals surface area (Å²) in [6.45, 7) is -0.628. The molecule has 0 fully saturated rings. The van der Waals surface area contributed by atoms with E-state index in [4.69, 9.17) is 23.2 Å². The normalized spacial score (nSPS) is 11.9. The lowest BCUT2D eigenvalue weighted by Gasteiger charge is -2.18. The molecule has 170 valence electrons. The summed E-state index contributed by atoms with van der Waals surface area (Å²) in [5.74, 6) is -2.77. The van der Waals surface area contributed by atoms with Crippen molar-refractivity contribution in [2.75, 3.05) is 4.72 Å². The van der Waals surface area contributed by atoms with Crippen molar-refractivity contribution < 1.29 is 30.8 Å². The van der Waals surface area contributed by atoms with E-state index in [0.29, 0.717) is 17.4 Å². The number of halogens is 6. The zero-order valence-corrected chi connectivity index (χ0v) is 18.6. The maximum Gasteiger partial charge on any atom is 0.420 e. The van der Waals surface area contributed by atoms with Crippen molar-refractivity contribution in [1.82, 2.24) is 10.3 Å². The molecule has 0 aliphatic carbocycles. The van der Waals surface area contributed by atoms with Crippen LogP contribution in [0.1, 0.15) is 21.5 Å². The summed E-state index contributed by atoms with van der Waals surface area (Å²) in [5, 5.41) is 0.982. The molecule has 1 heterocycles. The predicted octanol–water partition coefficient (Wildman–Crippen LogP) is 5.34. The Morgan fingerprint density at radius 2 is 1.81 bits per heavy atom. The second-order valence-corrected chi connectivity index (χ2v) is 9.85. The molecule has 0 radical (unpaired) electrons. The van der Waals surface area contributed by atoms with Gasteiger partial charge in [-0.2, -0.15) is 13.2 Å². The first-order chi connectivity index (χ1) is 14.9. The molecule has 0 saturated heterocycles. The minimum Gasteiger partial charge on any atom is -0.348 e. The second-order valence-electron chi connectivity index (χ2n) is 6.16. The second kappa shape index (κ2) is 9.22. The van der Waals surface area contributed by atoms with E-state index in [2.05, 4.69) is 10.3 Å². The quantitative estimate of drug-likeness (QED) is 0.423. The summed E-state index contributed by atoms with van der Waals surface area (Å²) in [4.78, 5) is 14.6. The van der Waals surface area contributed by atoms with Crippen LogP contribution < -0.4 is 10.0 Å². The number of alkyl halides is 3. The molecule has 1 aromatic heterocycles. The van der Waals surface area contributed by atoms with Crippen LogP contribution in [0.2, 0.25) is 9.36 Å². The summed E-state index contributed by atoms with van der Waals surface area (Å²) < 4.78 is 82.6. The van der Waals surface area contributed by atoms with Crippen molar-refractivity contribution in [3.8, 4) is 0 Å². The van der Waals surface area contributed by atoms with E-state index >= 15 is 0 Å². The highest BCUT2D eigenvalue weighted by Crippen LogP contribution is 2.40. The first kappa shape index (κ1) is 24.2. The smallest absolute Gasteiger partial charge is 0.348 e. The molecule has 3 aromatic rings. The van der Waals surface area contributed by atoms with E-state index in [1.807, 2.05) is 4.72 Å². The maximum absolute atomic E-state index is 15.0. The van der Waals surface area contributed by atoms with Crippen molar-refractivity contribution in [2.45, 2.75) is 17.6 Å². The molecule has 0 bridgehead atoms. The number of nitrogens with zero attached hydrogens (tertiary/aromatic N) is 1. The zero-order valence-electron chi connectivity index (χ0n) is 15.5. The number of anilines is 1. The largest absolute Gasteiger partial charge is 0.420 e. The number of aromatic nitrogens is 1. The number of carbonyl (C=O) groups is 1. The molecule has 0 saturated carbocycles. The monoisotopic (exact) mass is 527 g/mol. The molecule has 0 aliphatic rings. The van der Waals surface area contributed by atoms with Gasteiger partial charge in [-0.3, -0.25) is 9.52 Å². The molecular weight excluding hydrogens is 517 g/mol. The predicted molar refractivity (Wildman–Crippen MR) is 112 cm³/mol. The third-order valence-electron chi connectivity index (χ3n) is 3.98. The molecule has 3 rings (SSSR count). The van der Waals surface area contributed by atoms with Crippen LogP contribution in [0, 0.1) is 5.82 Å². The Bertz CT molecular complexity index is 1270. The van der Waals surface area contributed by atoms with E-state index < -0.39 is 55.5 Å². The SMILES string of the molecule is O=C(NCc1cc(Cl)c(C(F)(F)F)c(F)c1S(=O)(=O)Nc1ncc(Cl)s1)c1ccccc1. The van der Waals surface area contributed by atoms with Gasteiger partial charge in [-0.05, 0) is 23.8 Å². The average Bonchev–Trinajstić information content (AvgIpc) is 3.08. The summed E-state index contributed by atoms with van der Waals surface area (Å²) in [5.41, 5.74) is -2.25. The molecule has 1 amide bonds. The van der Waals surface area contributed by atoms with E-state index in [-0.39, 0.29) is 15.0 Å². The summed E-state index contributed by atoms with van der Waals surface area (Å²) in [7, 11) is -4.92. The lowest BCUT2D eigenvalue weighted by Crippen LogP contribution is -2.26. The highest BCUT2D eigenvalue weighted by molar-refractivity contribution is 7.93. The van der Waals surface area contributed by atoms with Gasteiger partial charge in [0.05, 0.1) is 11.2 Å². The standard InChI is InChI=1S/C18H11Cl2F4N3O3S2/c19-11-6-10(7-25-16(28)9-4-2-1-3-5-9)15(14(21)13(11)18(22,23)24)32(29,30)27-17-26-8-12(20)31-17/h1-6,8H,7H2,(H,25,28)(H,26,27). The van der Waals surface area contributed by atoms with Gasteiger partial charge in [-0.25, -0.2) is 17.8 Å². The fourth-order valence-corrected chi connectivity index (χ4v) is 5.35. The van der Waals surface area contributed by atoms with Gasteiger partial charge in [0.15, 0.2) is 10.9 Å². The number of amides is 1. The molecule has 2 aromatic carbocycles. The van der Waals surface area contributed by atoms with Gasteiger partial charge < -0.3 is 5.32 Å². The lowest BCUT2D eigenvalue weighted by molar-refractivity contribution is -0.140. The minimum atomic E-state index is -5.28. The van der Waals surface area contributed by atoms with Crippen LogP contribution in [0.3, 0.4) is 0 Å². The molecule has 14 heteroatoms. The number of rotatable bonds is 6. The first-order valence-corrected chi connectivity index (χ1v) is 11.5. The van der Waals surface area contributed by atoms with Gasteiger partial charge in [0.1, 0.15) is 14.8 Å². The zero-order chi connectivity index (χ0) is 23.7. The Morgan fingerprint density at radius 3 is 2.38 bits per heavy atom. The third-order valence-corrected chi connectivity index (χ3v) is 6.88. The molecule has 0 atom stereocenters. The van der Waals surface area contributed by atoms with E-state index in [1.54, 1.807) is 18.2 Å². The van der Waals surface area contributed by atoms with Gasteiger partial charge in [-0.1, -0.05) is 52.7 Å². The average molecular weight is 528 g/mol. The Hall–Kier alpha value is -2.41. The third kappa shape index (κ3) is 5.31. The number of sulfonamides is 1. The van der Waals surface area contributed by atoms with E-state index in [0.717, 1.165) is 6.20 Å². The molecule has 2 N–H and O–H groups in total. The number of nitrogens with one attached hydrogen (secondary N) is 2. The van der Waals surface area contributed by atoms with Crippen molar-refractivity contribution in [2.24, 2.45) is 0 Å². The topological polar surface area (TPSA) is 88.2 Å². The van der Waals surface area contributed by atoms with Crippen LogP contribution in [0.25, 0.3) is 0 Å². The van der Waals surface area contributed by atoms with E-state index in [1.165, 1.54) is 12.1 Å². The van der Waals surface area contributed by atoms with Crippen molar-refractivity contribution in [1.29, 1.82) is 0 Å². The van der Waals surface area contributed by atoms with Crippen molar-refractivity contribution in [3.63, 3.8) is 0 Å². The van der Waals surface area contributed by atoms with Gasteiger partial charge in [0.25, 0.3) is 15.9 Å². The number of carbonyl (C=O) groups excluding carboxylic acids is 1. The number of thiazole rings is 1. The van der Waals surface area contributed by atoms with Crippen LogP contribution >= 0.6 is 34.5 Å². The highest BCUT2D eigenvalue weighted by Gasteiger charge is 2.41. The Kier molecular flexibility index (Phi) is 6.98. The van der Waals surface area contributed by atoms with Gasteiger partial charge in [0, 0.05) is 12.1 Å². The van der Waals surface area contributed by atoms with Crippen LogP contribution in [0.15, 0.2) is 47.5 Å². The summed E-state index contributed by atoms with van der Waals surface area (Å²) in [6, 6.07) is 8.36. The van der Waals surface area contributed by atoms with Crippen molar-refractivity contribution >= 4 is 55.6 Å². The minimum absolute atomic E-state index is 0.0885. The Morgan fingerprint density at radius 1 is 1.16 bits per heavy atom. The molecule has 0 spiro atoms. The van der Waals surface area contributed by atoms with Gasteiger partial charge in [-0.15, -0.1) is 0 Å². The fraction of sp³-hybridized carbons (Fsp3) is 0.111. The highest BCUT2D eigenvalue weighted by atomic mass is 35.5. The van der Waals surface area contributed by atoms with Crippen LogP contribution in [0.5, 0.6) is 0 Å².